The number of hydrogen-bond acceptors (Lipinski definition) is 4. The lowest BCUT2D eigenvalue weighted by atomic mass is 10.2. The maximum atomic E-state index is 9.81. The van der Waals surface area contributed by atoms with Crippen molar-refractivity contribution in [1.82, 2.24) is 10.3 Å². The lowest BCUT2D eigenvalue weighted by Crippen LogP contribution is -2.18. The fourth-order valence-electron chi connectivity index (χ4n) is 2.30. The van der Waals surface area contributed by atoms with Gasteiger partial charge < -0.3 is 14.8 Å². The molecule has 1 unspecified atom stereocenters. The number of rotatable bonds is 4. The van der Waals surface area contributed by atoms with Gasteiger partial charge in [-0.05, 0) is 38.1 Å². The molecule has 0 aliphatic carbocycles. The molecule has 108 valence electrons. The van der Waals surface area contributed by atoms with Crippen LogP contribution in [0, 0.1) is 6.92 Å². The van der Waals surface area contributed by atoms with Crippen molar-refractivity contribution in [2.24, 2.45) is 0 Å². The van der Waals surface area contributed by atoms with E-state index in [9.17, 15) is 5.11 Å². The maximum Gasteiger partial charge on any atom is 0.138 e. The third kappa shape index (κ3) is 2.90. The van der Waals surface area contributed by atoms with E-state index in [0.29, 0.717) is 12.2 Å². The van der Waals surface area contributed by atoms with Crippen LogP contribution in [0.15, 0.2) is 46.9 Å². The van der Waals surface area contributed by atoms with E-state index in [1.807, 2.05) is 44.2 Å². The Labute approximate surface area is 123 Å². The molecule has 0 fully saturated rings. The second kappa shape index (κ2) is 5.58. The molecular formula is C17H18N2O2. The molecule has 21 heavy (non-hydrogen) atoms. The van der Waals surface area contributed by atoms with Gasteiger partial charge in [-0.3, -0.25) is 4.98 Å². The predicted octanol–water partition coefficient (Wildman–Crippen LogP) is 3.69. The summed E-state index contributed by atoms with van der Waals surface area (Å²) in [7, 11) is 0. The summed E-state index contributed by atoms with van der Waals surface area (Å²) in [6.07, 6.45) is 0. The molecule has 0 aliphatic heterocycles. The predicted molar refractivity (Wildman–Crippen MR) is 82.1 cm³/mol. The molecule has 1 atom stereocenters. The van der Waals surface area contributed by atoms with Crippen LogP contribution in [0.5, 0.6) is 5.75 Å². The molecular weight excluding hydrogens is 264 g/mol. The summed E-state index contributed by atoms with van der Waals surface area (Å²) in [5.74, 6) is 1.09. The van der Waals surface area contributed by atoms with Crippen molar-refractivity contribution >= 4 is 11.0 Å². The zero-order chi connectivity index (χ0) is 14.8. The Kier molecular flexibility index (Phi) is 3.62. The molecule has 1 aromatic carbocycles. The lowest BCUT2D eigenvalue weighted by Gasteiger charge is -2.12. The Morgan fingerprint density at radius 1 is 1.24 bits per heavy atom. The Hall–Kier alpha value is -2.33. The number of fused-ring (bicyclic) bond motifs is 1. The van der Waals surface area contributed by atoms with Crippen LogP contribution in [0.3, 0.4) is 0 Å². The number of aromatic nitrogens is 1. The highest BCUT2D eigenvalue weighted by atomic mass is 16.3. The fourth-order valence-corrected chi connectivity index (χ4v) is 2.30. The van der Waals surface area contributed by atoms with Gasteiger partial charge >= 0.3 is 0 Å². The first-order valence-electron chi connectivity index (χ1n) is 7.01. The van der Waals surface area contributed by atoms with Crippen molar-refractivity contribution in [3.8, 4) is 5.75 Å². The number of aromatic hydroxyl groups is 1. The molecule has 0 saturated heterocycles. The molecule has 4 nitrogen and oxygen atoms in total. The number of hydrogen-bond donors (Lipinski definition) is 2. The Bertz CT molecular complexity index is 731. The second-order valence-corrected chi connectivity index (χ2v) is 5.21. The third-order valence-electron chi connectivity index (χ3n) is 3.54. The van der Waals surface area contributed by atoms with Crippen LogP contribution in [0.2, 0.25) is 0 Å². The smallest absolute Gasteiger partial charge is 0.138 e. The first-order valence-corrected chi connectivity index (χ1v) is 7.01. The SMILES string of the molecule is Cc1ccc(O)c(CNC(C)c2cc3ccccc3o2)n1. The number of benzene rings is 1. The Morgan fingerprint density at radius 2 is 2.05 bits per heavy atom. The summed E-state index contributed by atoms with van der Waals surface area (Å²) < 4.78 is 5.83. The minimum atomic E-state index is 0.0408. The van der Waals surface area contributed by atoms with Gasteiger partial charge in [0, 0.05) is 17.6 Å². The van der Waals surface area contributed by atoms with Crippen LogP contribution < -0.4 is 5.32 Å². The highest BCUT2D eigenvalue weighted by molar-refractivity contribution is 5.77. The van der Waals surface area contributed by atoms with Crippen LogP contribution in [-0.4, -0.2) is 10.1 Å². The van der Waals surface area contributed by atoms with Crippen molar-refractivity contribution in [2.45, 2.75) is 26.4 Å². The van der Waals surface area contributed by atoms with E-state index in [2.05, 4.69) is 10.3 Å². The van der Waals surface area contributed by atoms with Crippen LogP contribution in [0.4, 0.5) is 0 Å². The van der Waals surface area contributed by atoms with Crippen LogP contribution in [0.25, 0.3) is 11.0 Å². The first kappa shape index (κ1) is 13.6. The fraction of sp³-hybridized carbons (Fsp3) is 0.235. The molecule has 3 rings (SSSR count). The van der Waals surface area contributed by atoms with Crippen LogP contribution >= 0.6 is 0 Å². The first-order chi connectivity index (χ1) is 10.1. The number of aryl methyl sites for hydroxylation is 1. The number of nitrogens with zero attached hydrogens (tertiary/aromatic N) is 1. The van der Waals surface area contributed by atoms with Gasteiger partial charge in [0.05, 0.1) is 11.7 Å². The highest BCUT2D eigenvalue weighted by Crippen LogP contribution is 2.24. The molecule has 4 heteroatoms. The van der Waals surface area contributed by atoms with E-state index in [0.717, 1.165) is 22.4 Å². The highest BCUT2D eigenvalue weighted by Gasteiger charge is 2.12. The molecule has 0 radical (unpaired) electrons. The summed E-state index contributed by atoms with van der Waals surface area (Å²) in [5, 5.41) is 14.2. The standard InChI is InChI=1S/C17H18N2O2/c1-11-7-8-15(20)14(19-11)10-18-12(2)17-9-13-5-3-4-6-16(13)21-17/h3-9,12,18,20H,10H2,1-2H3. The molecule has 2 aromatic heterocycles. The molecule has 3 aromatic rings. The van der Waals surface area contributed by atoms with Crippen molar-refractivity contribution in [2.75, 3.05) is 0 Å². The van der Waals surface area contributed by atoms with Gasteiger partial charge in [0.1, 0.15) is 17.1 Å². The summed E-state index contributed by atoms with van der Waals surface area (Å²) in [6.45, 7) is 4.43. The van der Waals surface area contributed by atoms with Crippen LogP contribution in [-0.2, 0) is 6.54 Å². The summed E-state index contributed by atoms with van der Waals surface area (Å²) in [4.78, 5) is 4.34. The number of nitrogens with one attached hydrogen (secondary N) is 1. The Morgan fingerprint density at radius 3 is 2.86 bits per heavy atom. The quantitative estimate of drug-likeness (QED) is 0.766. The zero-order valence-electron chi connectivity index (χ0n) is 12.1. The van der Waals surface area contributed by atoms with Gasteiger partial charge in [0.25, 0.3) is 0 Å². The van der Waals surface area contributed by atoms with E-state index in [1.165, 1.54) is 0 Å². The van der Waals surface area contributed by atoms with Gasteiger partial charge in [-0.15, -0.1) is 0 Å². The van der Waals surface area contributed by atoms with E-state index in [-0.39, 0.29) is 11.8 Å². The topological polar surface area (TPSA) is 58.3 Å². The molecule has 0 saturated carbocycles. The monoisotopic (exact) mass is 282 g/mol. The van der Waals surface area contributed by atoms with Gasteiger partial charge in [-0.1, -0.05) is 18.2 Å². The van der Waals surface area contributed by atoms with Crippen molar-refractivity contribution in [3.63, 3.8) is 0 Å². The number of pyridine rings is 1. The van der Waals surface area contributed by atoms with E-state index < -0.39 is 0 Å². The van der Waals surface area contributed by atoms with Crippen LogP contribution in [0.1, 0.15) is 30.1 Å². The average Bonchev–Trinajstić information content (AvgIpc) is 2.92. The average molecular weight is 282 g/mol. The van der Waals surface area contributed by atoms with Gasteiger partial charge in [-0.2, -0.15) is 0 Å². The van der Waals surface area contributed by atoms with Gasteiger partial charge in [0.15, 0.2) is 0 Å². The maximum absolute atomic E-state index is 9.81. The molecule has 0 spiro atoms. The van der Waals surface area contributed by atoms with Gasteiger partial charge in [0.2, 0.25) is 0 Å². The minimum absolute atomic E-state index is 0.0408. The van der Waals surface area contributed by atoms with E-state index in [1.54, 1.807) is 12.1 Å². The van der Waals surface area contributed by atoms with Crippen molar-refractivity contribution < 1.29 is 9.52 Å². The zero-order valence-corrected chi connectivity index (χ0v) is 12.1. The van der Waals surface area contributed by atoms with Gasteiger partial charge in [-0.25, -0.2) is 0 Å². The molecule has 2 N–H and O–H groups in total. The largest absolute Gasteiger partial charge is 0.506 e. The number of para-hydroxylation sites is 1. The summed E-state index contributed by atoms with van der Waals surface area (Å²) in [6, 6.07) is 13.5. The molecule has 0 bridgehead atoms. The number of furan rings is 1. The molecule has 0 amide bonds. The summed E-state index contributed by atoms with van der Waals surface area (Å²) >= 11 is 0. The normalized spacial score (nSPS) is 12.7. The van der Waals surface area contributed by atoms with E-state index >= 15 is 0 Å². The van der Waals surface area contributed by atoms with Crippen molar-refractivity contribution in [3.05, 3.63) is 59.6 Å². The second-order valence-electron chi connectivity index (χ2n) is 5.21. The molecule has 0 aliphatic rings. The summed E-state index contributed by atoms with van der Waals surface area (Å²) in [5.41, 5.74) is 2.43. The Balaban J connectivity index is 1.74. The minimum Gasteiger partial charge on any atom is -0.506 e. The van der Waals surface area contributed by atoms with Crippen molar-refractivity contribution in [1.29, 1.82) is 0 Å². The lowest BCUT2D eigenvalue weighted by molar-refractivity contribution is 0.431. The van der Waals surface area contributed by atoms with E-state index in [4.69, 9.17) is 4.42 Å². The third-order valence-corrected chi connectivity index (χ3v) is 3.54. The molecule has 2 heterocycles.